The van der Waals surface area contributed by atoms with Gasteiger partial charge in [0.15, 0.2) is 5.75 Å². The molecule has 0 amide bonds. The second-order valence-corrected chi connectivity index (χ2v) is 4.20. The van der Waals surface area contributed by atoms with Crippen LogP contribution in [-0.4, -0.2) is 23.2 Å². The number of aliphatic hydroxyl groups is 1. The van der Waals surface area contributed by atoms with E-state index >= 15 is 0 Å². The first kappa shape index (κ1) is 14.0. The molecule has 5 nitrogen and oxygen atoms in total. The lowest BCUT2D eigenvalue weighted by Gasteiger charge is -2.08. The van der Waals surface area contributed by atoms with Crippen molar-refractivity contribution in [3.63, 3.8) is 0 Å². The summed E-state index contributed by atoms with van der Waals surface area (Å²) in [5.74, 6) is 0.534. The van der Waals surface area contributed by atoms with E-state index in [4.69, 9.17) is 14.6 Å². The highest BCUT2D eigenvalue weighted by molar-refractivity contribution is 5.91. The Balaban J connectivity index is 2.18. The molecular weight excluding hydrogens is 258 g/mol. The van der Waals surface area contributed by atoms with Gasteiger partial charge in [-0.15, -0.1) is 0 Å². The van der Waals surface area contributed by atoms with E-state index in [0.29, 0.717) is 28.3 Å². The van der Waals surface area contributed by atoms with E-state index in [0.717, 1.165) is 0 Å². The highest BCUT2D eigenvalue weighted by atomic mass is 16.5. The van der Waals surface area contributed by atoms with Gasteiger partial charge in [0.1, 0.15) is 5.75 Å². The minimum atomic E-state index is -0.479. The lowest BCUT2D eigenvalue weighted by Crippen LogP contribution is -2.10. The molecule has 0 atom stereocenters. The first-order valence-electron chi connectivity index (χ1n) is 6.06. The van der Waals surface area contributed by atoms with Crippen LogP contribution < -0.4 is 9.47 Å². The number of benzene rings is 1. The molecule has 1 heterocycles. The van der Waals surface area contributed by atoms with Gasteiger partial charge < -0.3 is 14.6 Å². The zero-order valence-electron chi connectivity index (χ0n) is 11.3. The van der Waals surface area contributed by atoms with Gasteiger partial charge in [0, 0.05) is 6.20 Å². The number of hydrogen-bond acceptors (Lipinski definition) is 5. The van der Waals surface area contributed by atoms with E-state index in [1.807, 2.05) is 0 Å². The number of ether oxygens (including phenoxy) is 2. The van der Waals surface area contributed by atoms with E-state index in [1.54, 1.807) is 50.6 Å². The number of aryl methyl sites for hydroxylation is 1. The van der Waals surface area contributed by atoms with Crippen LogP contribution in [0.15, 0.2) is 36.5 Å². The zero-order chi connectivity index (χ0) is 14.5. The lowest BCUT2D eigenvalue weighted by atomic mass is 10.2. The van der Waals surface area contributed by atoms with Crippen molar-refractivity contribution >= 4 is 5.97 Å². The largest absolute Gasteiger partial charge is 0.497 e. The molecule has 0 bridgehead atoms. The average Bonchev–Trinajstić information content (AvgIpc) is 2.49. The Bertz CT molecular complexity index is 608. The number of pyridine rings is 1. The predicted molar refractivity (Wildman–Crippen MR) is 72.8 cm³/mol. The molecule has 0 saturated heterocycles. The van der Waals surface area contributed by atoms with Crippen molar-refractivity contribution in [3.8, 4) is 11.5 Å². The SMILES string of the molecule is COc1ccc(C(=O)Oc2cc(CO)cnc2C)cc1. The number of aliphatic hydroxyl groups excluding tert-OH is 1. The summed E-state index contributed by atoms with van der Waals surface area (Å²) < 4.78 is 10.3. The fraction of sp³-hybridized carbons (Fsp3) is 0.200. The number of carbonyl (C=O) groups excluding carboxylic acids is 1. The van der Waals surface area contributed by atoms with Crippen molar-refractivity contribution in [2.24, 2.45) is 0 Å². The molecule has 5 heteroatoms. The second-order valence-electron chi connectivity index (χ2n) is 4.20. The average molecular weight is 273 g/mol. The molecule has 20 heavy (non-hydrogen) atoms. The molecule has 1 N–H and O–H groups in total. The van der Waals surface area contributed by atoms with Gasteiger partial charge in [0.2, 0.25) is 0 Å². The fourth-order valence-electron chi connectivity index (χ4n) is 1.63. The van der Waals surface area contributed by atoms with E-state index < -0.39 is 5.97 Å². The van der Waals surface area contributed by atoms with Crippen LogP contribution >= 0.6 is 0 Å². The van der Waals surface area contributed by atoms with Crippen LogP contribution in [0.3, 0.4) is 0 Å². The Hall–Kier alpha value is -2.40. The van der Waals surface area contributed by atoms with E-state index in [-0.39, 0.29) is 6.61 Å². The minimum absolute atomic E-state index is 0.152. The van der Waals surface area contributed by atoms with Gasteiger partial charge in [0.05, 0.1) is 25.0 Å². The van der Waals surface area contributed by atoms with Crippen molar-refractivity contribution in [1.82, 2.24) is 4.98 Å². The van der Waals surface area contributed by atoms with Gasteiger partial charge in [-0.05, 0) is 42.8 Å². The molecule has 1 aromatic heterocycles. The first-order valence-corrected chi connectivity index (χ1v) is 6.06. The third-order valence-corrected chi connectivity index (χ3v) is 2.81. The van der Waals surface area contributed by atoms with Crippen molar-refractivity contribution < 1.29 is 19.4 Å². The summed E-state index contributed by atoms with van der Waals surface area (Å²) in [4.78, 5) is 16.1. The molecule has 0 saturated carbocycles. The highest BCUT2D eigenvalue weighted by Crippen LogP contribution is 2.19. The van der Waals surface area contributed by atoms with Crippen LogP contribution in [0.1, 0.15) is 21.6 Å². The Labute approximate surface area is 116 Å². The van der Waals surface area contributed by atoms with Crippen molar-refractivity contribution in [3.05, 3.63) is 53.3 Å². The first-order chi connectivity index (χ1) is 9.63. The monoisotopic (exact) mass is 273 g/mol. The van der Waals surface area contributed by atoms with Crippen molar-refractivity contribution in [1.29, 1.82) is 0 Å². The molecule has 0 radical (unpaired) electrons. The van der Waals surface area contributed by atoms with E-state index in [1.165, 1.54) is 0 Å². The van der Waals surface area contributed by atoms with Crippen molar-refractivity contribution in [2.75, 3.05) is 7.11 Å². The number of carbonyl (C=O) groups is 1. The maximum absolute atomic E-state index is 12.0. The number of nitrogens with zero attached hydrogens (tertiary/aromatic N) is 1. The van der Waals surface area contributed by atoms with Crippen LogP contribution in [0.2, 0.25) is 0 Å². The normalized spacial score (nSPS) is 10.2. The Morgan fingerprint density at radius 1 is 1.30 bits per heavy atom. The molecule has 104 valence electrons. The molecule has 0 aliphatic carbocycles. The van der Waals surface area contributed by atoms with Crippen molar-refractivity contribution in [2.45, 2.75) is 13.5 Å². The Kier molecular flexibility index (Phi) is 4.32. The number of hydrogen-bond donors (Lipinski definition) is 1. The molecule has 0 fully saturated rings. The second kappa shape index (κ2) is 6.16. The molecular formula is C15H15NO4. The minimum Gasteiger partial charge on any atom is -0.497 e. The molecule has 0 spiro atoms. The molecule has 0 aliphatic rings. The zero-order valence-corrected chi connectivity index (χ0v) is 11.3. The smallest absolute Gasteiger partial charge is 0.343 e. The Morgan fingerprint density at radius 3 is 2.60 bits per heavy atom. The maximum atomic E-state index is 12.0. The highest BCUT2D eigenvalue weighted by Gasteiger charge is 2.11. The lowest BCUT2D eigenvalue weighted by molar-refractivity contribution is 0.0732. The predicted octanol–water partition coefficient (Wildman–Crippen LogP) is 2.11. The topological polar surface area (TPSA) is 68.7 Å². The number of rotatable bonds is 4. The number of methoxy groups -OCH3 is 1. The third-order valence-electron chi connectivity index (χ3n) is 2.81. The van der Waals surface area contributed by atoms with Crippen LogP contribution in [0.5, 0.6) is 11.5 Å². The summed E-state index contributed by atoms with van der Waals surface area (Å²) in [6.45, 7) is 1.58. The molecule has 0 unspecified atom stereocenters. The standard InChI is InChI=1S/C15H15NO4/c1-10-14(7-11(9-17)8-16-10)20-15(18)12-3-5-13(19-2)6-4-12/h3-8,17H,9H2,1-2H3. The summed E-state index contributed by atoms with van der Waals surface area (Å²) in [6.07, 6.45) is 1.54. The van der Waals surface area contributed by atoms with Crippen LogP contribution in [0.25, 0.3) is 0 Å². The summed E-state index contributed by atoms with van der Waals surface area (Å²) >= 11 is 0. The van der Waals surface area contributed by atoms with Gasteiger partial charge in [-0.2, -0.15) is 0 Å². The molecule has 2 rings (SSSR count). The summed E-state index contributed by atoms with van der Waals surface area (Å²) in [5, 5.41) is 9.07. The van der Waals surface area contributed by atoms with Crippen LogP contribution in [0, 0.1) is 6.92 Å². The quantitative estimate of drug-likeness (QED) is 0.864. The van der Waals surface area contributed by atoms with Crippen LogP contribution in [0.4, 0.5) is 0 Å². The number of esters is 1. The molecule has 0 aliphatic heterocycles. The van der Waals surface area contributed by atoms with Gasteiger partial charge in [-0.3, -0.25) is 4.98 Å². The van der Waals surface area contributed by atoms with Gasteiger partial charge in [-0.1, -0.05) is 0 Å². The van der Waals surface area contributed by atoms with Crippen LogP contribution in [-0.2, 0) is 6.61 Å². The van der Waals surface area contributed by atoms with E-state index in [9.17, 15) is 4.79 Å². The molecule has 2 aromatic rings. The fourth-order valence-corrected chi connectivity index (χ4v) is 1.63. The van der Waals surface area contributed by atoms with Gasteiger partial charge in [0.25, 0.3) is 0 Å². The third kappa shape index (κ3) is 3.13. The Morgan fingerprint density at radius 2 is 2.00 bits per heavy atom. The summed E-state index contributed by atoms with van der Waals surface area (Å²) in [7, 11) is 1.56. The summed E-state index contributed by atoms with van der Waals surface area (Å²) in [6, 6.07) is 8.22. The number of aromatic nitrogens is 1. The van der Waals surface area contributed by atoms with Gasteiger partial charge in [-0.25, -0.2) is 4.79 Å². The van der Waals surface area contributed by atoms with Gasteiger partial charge >= 0.3 is 5.97 Å². The molecule has 1 aromatic carbocycles. The maximum Gasteiger partial charge on any atom is 0.343 e. The summed E-state index contributed by atoms with van der Waals surface area (Å²) in [5.41, 5.74) is 1.59. The van der Waals surface area contributed by atoms with E-state index in [2.05, 4.69) is 4.98 Å².